The van der Waals surface area contributed by atoms with Gasteiger partial charge in [-0.1, -0.05) is 0 Å². The van der Waals surface area contributed by atoms with Crippen molar-refractivity contribution in [3.8, 4) is 0 Å². The Hall–Kier alpha value is -2.41. The fourth-order valence-electron chi connectivity index (χ4n) is 1.89. The van der Waals surface area contributed by atoms with Gasteiger partial charge in [0.25, 0.3) is 0 Å². The van der Waals surface area contributed by atoms with Gasteiger partial charge in [-0.15, -0.1) is 0 Å². The summed E-state index contributed by atoms with van der Waals surface area (Å²) in [5.41, 5.74) is 0.0911. The van der Waals surface area contributed by atoms with Gasteiger partial charge in [0.1, 0.15) is 23.1 Å². The van der Waals surface area contributed by atoms with E-state index in [9.17, 15) is 26.8 Å². The predicted octanol–water partition coefficient (Wildman–Crippen LogP) is 2.45. The first-order chi connectivity index (χ1) is 10.8. The zero-order valence-electron chi connectivity index (χ0n) is 11.8. The number of sulfone groups is 1. The van der Waals surface area contributed by atoms with Crippen LogP contribution in [0.2, 0.25) is 0 Å². The predicted molar refractivity (Wildman–Crippen MR) is 80.1 cm³/mol. The van der Waals surface area contributed by atoms with E-state index in [0.29, 0.717) is 0 Å². The maximum atomic E-state index is 12.8. The van der Waals surface area contributed by atoms with Crippen LogP contribution in [-0.4, -0.2) is 31.5 Å². The lowest BCUT2D eigenvalue weighted by Crippen LogP contribution is -2.24. The molecule has 0 saturated carbocycles. The molecule has 0 spiro atoms. The molecule has 2 aromatic rings. The van der Waals surface area contributed by atoms with E-state index in [4.69, 9.17) is 0 Å². The van der Waals surface area contributed by atoms with E-state index in [1.54, 1.807) is 0 Å². The number of carbonyl (C=O) groups is 2. The molecule has 0 aliphatic rings. The molecule has 7 heteroatoms. The summed E-state index contributed by atoms with van der Waals surface area (Å²) in [5.74, 6) is -4.25. The zero-order valence-corrected chi connectivity index (χ0v) is 12.6. The normalized spacial score (nSPS) is 11.2. The number of ketones is 2. The molecule has 0 amide bonds. The molecule has 0 aliphatic heterocycles. The number of carbonyl (C=O) groups excluding carboxylic acids is 2. The molecule has 0 aromatic heterocycles. The highest BCUT2D eigenvalue weighted by molar-refractivity contribution is 7.92. The molecular weight excluding hydrogens is 326 g/mol. The molecule has 0 radical (unpaired) electrons. The van der Waals surface area contributed by atoms with Crippen LogP contribution >= 0.6 is 0 Å². The third-order valence-electron chi connectivity index (χ3n) is 3.03. The summed E-state index contributed by atoms with van der Waals surface area (Å²) >= 11 is 0. The van der Waals surface area contributed by atoms with Crippen molar-refractivity contribution in [3.63, 3.8) is 0 Å². The van der Waals surface area contributed by atoms with Crippen LogP contribution < -0.4 is 0 Å². The maximum absolute atomic E-state index is 12.8. The van der Waals surface area contributed by atoms with Crippen molar-refractivity contribution in [3.05, 3.63) is 71.3 Å². The van der Waals surface area contributed by atoms with Crippen LogP contribution in [0.1, 0.15) is 20.7 Å². The molecule has 0 unspecified atom stereocenters. The Balaban J connectivity index is 2.06. The average molecular weight is 338 g/mol. The average Bonchev–Trinajstić information content (AvgIpc) is 2.47. The third-order valence-corrected chi connectivity index (χ3v) is 4.44. The van der Waals surface area contributed by atoms with Crippen LogP contribution in [0, 0.1) is 11.6 Å². The summed E-state index contributed by atoms with van der Waals surface area (Å²) in [5, 5.41) is 0. The van der Waals surface area contributed by atoms with Crippen LogP contribution in [0.3, 0.4) is 0 Å². The van der Waals surface area contributed by atoms with Gasteiger partial charge in [0.05, 0.1) is 0 Å². The summed E-state index contributed by atoms with van der Waals surface area (Å²) in [7, 11) is -3.98. The molecule has 0 atom stereocenters. The van der Waals surface area contributed by atoms with E-state index < -0.39 is 44.5 Å². The van der Waals surface area contributed by atoms with Crippen molar-refractivity contribution in [1.82, 2.24) is 0 Å². The minimum atomic E-state index is -3.98. The smallest absolute Gasteiger partial charge is 0.177 e. The zero-order chi connectivity index (χ0) is 17.0. The highest BCUT2D eigenvalue weighted by Gasteiger charge is 2.22. The van der Waals surface area contributed by atoms with Crippen molar-refractivity contribution in [2.24, 2.45) is 0 Å². The van der Waals surface area contributed by atoms with Gasteiger partial charge in [0, 0.05) is 11.1 Å². The van der Waals surface area contributed by atoms with Gasteiger partial charge in [-0.3, -0.25) is 9.59 Å². The second kappa shape index (κ2) is 6.78. The van der Waals surface area contributed by atoms with E-state index in [2.05, 4.69) is 0 Å². The molecule has 120 valence electrons. The largest absolute Gasteiger partial charge is 0.293 e. The summed E-state index contributed by atoms with van der Waals surface area (Å²) in [6.45, 7) is 0. The molecule has 4 nitrogen and oxygen atoms in total. The minimum absolute atomic E-state index is 0.0456. The molecule has 0 N–H and O–H groups in total. The Morgan fingerprint density at radius 3 is 1.30 bits per heavy atom. The molecule has 0 aliphatic carbocycles. The van der Waals surface area contributed by atoms with Crippen LogP contribution in [0.5, 0.6) is 0 Å². The highest BCUT2D eigenvalue weighted by Crippen LogP contribution is 2.09. The second-order valence-corrected chi connectivity index (χ2v) is 6.96. The molecular formula is C16H12F2O4S. The molecule has 23 heavy (non-hydrogen) atoms. The highest BCUT2D eigenvalue weighted by atomic mass is 32.2. The van der Waals surface area contributed by atoms with Gasteiger partial charge in [-0.2, -0.15) is 0 Å². The lowest BCUT2D eigenvalue weighted by molar-refractivity contribution is 0.102. The fraction of sp³-hybridized carbons (Fsp3) is 0.125. The second-order valence-electron chi connectivity index (χ2n) is 4.89. The van der Waals surface area contributed by atoms with Gasteiger partial charge in [0.2, 0.25) is 0 Å². The minimum Gasteiger partial charge on any atom is -0.293 e. The van der Waals surface area contributed by atoms with Gasteiger partial charge in [-0.05, 0) is 48.5 Å². The van der Waals surface area contributed by atoms with Crippen molar-refractivity contribution in [1.29, 1.82) is 0 Å². The number of hydrogen-bond acceptors (Lipinski definition) is 4. The summed E-state index contributed by atoms with van der Waals surface area (Å²) < 4.78 is 49.4. The van der Waals surface area contributed by atoms with Crippen LogP contribution in [0.15, 0.2) is 48.5 Å². The van der Waals surface area contributed by atoms with Crippen LogP contribution in [-0.2, 0) is 9.84 Å². The standard InChI is InChI=1S/C16H12F2O4S/c17-13-5-1-11(2-6-13)15(19)9-23(21,22)10-16(20)12-3-7-14(18)8-4-12/h1-8H,9-10H2. The van der Waals surface area contributed by atoms with Crippen LogP contribution in [0.4, 0.5) is 8.78 Å². The Bertz CT molecular complexity index is 760. The van der Waals surface area contributed by atoms with Gasteiger partial charge >= 0.3 is 0 Å². The van der Waals surface area contributed by atoms with Gasteiger partial charge < -0.3 is 0 Å². The first kappa shape index (κ1) is 17.0. The number of Topliss-reactive ketones (excluding diaryl/α,β-unsaturated/α-hetero) is 2. The molecule has 0 heterocycles. The Labute approximate surface area is 131 Å². The molecule has 0 bridgehead atoms. The van der Waals surface area contributed by atoms with Crippen molar-refractivity contribution < 1.29 is 26.8 Å². The topological polar surface area (TPSA) is 68.3 Å². The third kappa shape index (κ3) is 4.79. The van der Waals surface area contributed by atoms with E-state index in [0.717, 1.165) is 24.3 Å². The van der Waals surface area contributed by atoms with Crippen molar-refractivity contribution in [2.75, 3.05) is 11.5 Å². The first-order valence-electron chi connectivity index (χ1n) is 6.55. The van der Waals surface area contributed by atoms with E-state index in [1.165, 1.54) is 24.3 Å². The summed E-state index contributed by atoms with van der Waals surface area (Å²) in [6.07, 6.45) is 0. The molecule has 2 aromatic carbocycles. The maximum Gasteiger partial charge on any atom is 0.177 e. The number of benzene rings is 2. The summed E-state index contributed by atoms with van der Waals surface area (Å²) in [4.78, 5) is 23.7. The fourth-order valence-corrected chi connectivity index (χ4v) is 3.12. The van der Waals surface area contributed by atoms with E-state index in [1.807, 2.05) is 0 Å². The Morgan fingerprint density at radius 2 is 1.00 bits per heavy atom. The molecule has 0 saturated heterocycles. The quantitative estimate of drug-likeness (QED) is 0.759. The van der Waals surface area contributed by atoms with Gasteiger partial charge in [0.15, 0.2) is 21.4 Å². The lowest BCUT2D eigenvalue weighted by Gasteiger charge is -2.04. The van der Waals surface area contributed by atoms with Crippen molar-refractivity contribution >= 4 is 21.4 Å². The molecule has 2 rings (SSSR count). The summed E-state index contributed by atoms with van der Waals surface area (Å²) in [6, 6.07) is 8.88. The van der Waals surface area contributed by atoms with Crippen molar-refractivity contribution in [2.45, 2.75) is 0 Å². The first-order valence-corrected chi connectivity index (χ1v) is 8.37. The number of halogens is 2. The SMILES string of the molecule is O=C(CS(=O)(=O)CC(=O)c1ccc(F)cc1)c1ccc(F)cc1. The van der Waals surface area contributed by atoms with Crippen LogP contribution in [0.25, 0.3) is 0 Å². The lowest BCUT2D eigenvalue weighted by atomic mass is 10.1. The Kier molecular flexibility index (Phi) is 5.00. The Morgan fingerprint density at radius 1 is 0.696 bits per heavy atom. The monoisotopic (exact) mass is 338 g/mol. The van der Waals surface area contributed by atoms with Gasteiger partial charge in [-0.25, -0.2) is 17.2 Å². The molecule has 0 fully saturated rings. The number of rotatable bonds is 6. The van der Waals surface area contributed by atoms with E-state index >= 15 is 0 Å². The number of hydrogen-bond donors (Lipinski definition) is 0. The van der Waals surface area contributed by atoms with E-state index in [-0.39, 0.29) is 11.1 Å².